The Hall–Kier alpha value is -3.03. The number of carbonyl (C=O) groups is 1. The van der Waals surface area contributed by atoms with Gasteiger partial charge in [-0.05, 0) is 23.6 Å². The van der Waals surface area contributed by atoms with Gasteiger partial charge in [0.15, 0.2) is 0 Å². The molecule has 184 valence electrons. The van der Waals surface area contributed by atoms with Gasteiger partial charge in [-0.25, -0.2) is 0 Å². The SMILES string of the molecule is CC(=O)O[C@@H]1OC(C)[C@H](OCc2ccccc2)[C@H](OCc2ccccc2)C1OCc1ccccc1. The molecule has 0 saturated carbocycles. The average molecular weight is 477 g/mol. The molecule has 1 aliphatic heterocycles. The molecule has 3 aromatic rings. The summed E-state index contributed by atoms with van der Waals surface area (Å²) < 4.78 is 30.7. The van der Waals surface area contributed by atoms with E-state index in [1.165, 1.54) is 6.92 Å². The van der Waals surface area contributed by atoms with Gasteiger partial charge in [0.2, 0.25) is 6.29 Å². The summed E-state index contributed by atoms with van der Waals surface area (Å²) in [5, 5.41) is 0. The van der Waals surface area contributed by atoms with Crippen LogP contribution in [0.4, 0.5) is 0 Å². The molecule has 0 N–H and O–H groups in total. The van der Waals surface area contributed by atoms with Crippen LogP contribution in [0.1, 0.15) is 30.5 Å². The third-order valence-corrected chi connectivity index (χ3v) is 5.87. The van der Waals surface area contributed by atoms with Crippen LogP contribution in [-0.2, 0) is 48.3 Å². The monoisotopic (exact) mass is 476 g/mol. The van der Waals surface area contributed by atoms with Crippen molar-refractivity contribution in [2.75, 3.05) is 0 Å². The first-order valence-corrected chi connectivity index (χ1v) is 11.9. The second-order valence-electron chi connectivity index (χ2n) is 8.60. The van der Waals surface area contributed by atoms with Gasteiger partial charge in [-0.15, -0.1) is 0 Å². The Balaban J connectivity index is 1.57. The Bertz CT molecular complexity index is 1030. The number of hydrogen-bond donors (Lipinski definition) is 0. The van der Waals surface area contributed by atoms with Crippen LogP contribution in [0.25, 0.3) is 0 Å². The molecular formula is C29H32O6. The quantitative estimate of drug-likeness (QED) is 0.382. The van der Waals surface area contributed by atoms with Crippen LogP contribution in [0.15, 0.2) is 91.0 Å². The van der Waals surface area contributed by atoms with Gasteiger partial charge in [-0.1, -0.05) is 91.0 Å². The molecule has 35 heavy (non-hydrogen) atoms. The van der Waals surface area contributed by atoms with Crippen molar-refractivity contribution in [2.24, 2.45) is 0 Å². The molecule has 0 radical (unpaired) electrons. The molecule has 0 spiro atoms. The lowest BCUT2D eigenvalue weighted by atomic mass is 9.98. The minimum Gasteiger partial charge on any atom is -0.433 e. The lowest BCUT2D eigenvalue weighted by Crippen LogP contribution is -2.60. The highest BCUT2D eigenvalue weighted by atomic mass is 16.7. The molecule has 0 aromatic heterocycles. The van der Waals surface area contributed by atoms with E-state index in [0.717, 1.165) is 16.7 Å². The first kappa shape index (κ1) is 25.1. The zero-order chi connectivity index (χ0) is 24.5. The standard InChI is InChI=1S/C29H32O6/c1-21-26(31-18-23-12-6-3-7-13-23)27(32-19-24-14-8-4-9-15-24)28(29(34-21)35-22(2)30)33-20-25-16-10-5-11-17-25/h3-17,21,26-29H,18-20H2,1-2H3/t21?,26-,27-,28?,29-/m0/s1. The van der Waals surface area contributed by atoms with Crippen molar-refractivity contribution in [3.05, 3.63) is 108 Å². The fourth-order valence-electron chi connectivity index (χ4n) is 4.13. The highest BCUT2D eigenvalue weighted by Crippen LogP contribution is 2.31. The molecule has 1 saturated heterocycles. The molecule has 1 fully saturated rings. The highest BCUT2D eigenvalue weighted by molar-refractivity contribution is 5.66. The van der Waals surface area contributed by atoms with Gasteiger partial charge in [0, 0.05) is 6.92 Å². The predicted molar refractivity (Wildman–Crippen MR) is 131 cm³/mol. The molecule has 0 bridgehead atoms. The van der Waals surface area contributed by atoms with Gasteiger partial charge in [0.05, 0.1) is 25.9 Å². The zero-order valence-corrected chi connectivity index (χ0v) is 20.1. The predicted octanol–water partition coefficient (Wildman–Crippen LogP) is 5.05. The van der Waals surface area contributed by atoms with E-state index in [9.17, 15) is 4.79 Å². The minimum atomic E-state index is -0.913. The van der Waals surface area contributed by atoms with Crippen LogP contribution < -0.4 is 0 Å². The molecule has 6 nitrogen and oxygen atoms in total. The Morgan fingerprint density at radius 2 is 1.06 bits per heavy atom. The van der Waals surface area contributed by atoms with Gasteiger partial charge in [-0.2, -0.15) is 0 Å². The highest BCUT2D eigenvalue weighted by Gasteiger charge is 2.48. The molecule has 3 aromatic carbocycles. The van der Waals surface area contributed by atoms with Crippen LogP contribution >= 0.6 is 0 Å². The van der Waals surface area contributed by atoms with Crippen LogP contribution in [0.2, 0.25) is 0 Å². The Labute approximate surface area is 206 Å². The van der Waals surface area contributed by atoms with Gasteiger partial charge in [0.1, 0.15) is 18.3 Å². The number of benzene rings is 3. The van der Waals surface area contributed by atoms with E-state index in [2.05, 4.69) is 0 Å². The number of hydrogen-bond acceptors (Lipinski definition) is 6. The topological polar surface area (TPSA) is 63.2 Å². The minimum absolute atomic E-state index is 0.317. The largest absolute Gasteiger partial charge is 0.433 e. The lowest BCUT2D eigenvalue weighted by Gasteiger charge is -2.44. The van der Waals surface area contributed by atoms with Crippen LogP contribution in [-0.4, -0.2) is 36.7 Å². The van der Waals surface area contributed by atoms with Crippen molar-refractivity contribution in [2.45, 2.75) is 64.4 Å². The molecule has 0 amide bonds. The third kappa shape index (κ3) is 7.23. The van der Waals surface area contributed by atoms with Crippen molar-refractivity contribution in [1.29, 1.82) is 0 Å². The first-order chi connectivity index (χ1) is 17.1. The van der Waals surface area contributed by atoms with Gasteiger partial charge in [-0.3, -0.25) is 4.79 Å². The van der Waals surface area contributed by atoms with Crippen molar-refractivity contribution >= 4 is 5.97 Å². The smallest absolute Gasteiger partial charge is 0.305 e. The van der Waals surface area contributed by atoms with Crippen molar-refractivity contribution in [3.8, 4) is 0 Å². The maximum absolute atomic E-state index is 11.9. The van der Waals surface area contributed by atoms with E-state index >= 15 is 0 Å². The Morgan fingerprint density at radius 3 is 1.49 bits per heavy atom. The van der Waals surface area contributed by atoms with E-state index in [-0.39, 0.29) is 6.10 Å². The first-order valence-electron chi connectivity index (χ1n) is 11.9. The number of carbonyl (C=O) groups excluding carboxylic acids is 1. The summed E-state index contributed by atoms with van der Waals surface area (Å²) >= 11 is 0. The zero-order valence-electron chi connectivity index (χ0n) is 20.1. The van der Waals surface area contributed by atoms with E-state index < -0.39 is 30.6 Å². The summed E-state index contributed by atoms with van der Waals surface area (Å²) in [5.41, 5.74) is 3.07. The average Bonchev–Trinajstić information content (AvgIpc) is 2.88. The van der Waals surface area contributed by atoms with Crippen molar-refractivity contribution in [3.63, 3.8) is 0 Å². The second kappa shape index (κ2) is 12.6. The Kier molecular flexibility index (Phi) is 9.03. The summed E-state index contributed by atoms with van der Waals surface area (Å²) in [6.45, 7) is 4.34. The van der Waals surface area contributed by atoms with E-state index in [1.54, 1.807) is 0 Å². The van der Waals surface area contributed by atoms with Crippen LogP contribution in [0.5, 0.6) is 0 Å². The summed E-state index contributed by atoms with van der Waals surface area (Å²) in [5.74, 6) is -0.444. The van der Waals surface area contributed by atoms with Gasteiger partial charge >= 0.3 is 5.97 Å². The van der Waals surface area contributed by atoms with Crippen molar-refractivity contribution in [1.82, 2.24) is 0 Å². The number of rotatable bonds is 10. The maximum atomic E-state index is 11.9. The summed E-state index contributed by atoms with van der Waals surface area (Å²) in [7, 11) is 0. The molecule has 6 heteroatoms. The molecule has 1 heterocycles. The van der Waals surface area contributed by atoms with E-state index in [1.807, 2.05) is 97.9 Å². The fourth-order valence-corrected chi connectivity index (χ4v) is 4.13. The molecule has 1 aliphatic rings. The third-order valence-electron chi connectivity index (χ3n) is 5.87. The van der Waals surface area contributed by atoms with Crippen LogP contribution in [0.3, 0.4) is 0 Å². The number of esters is 1. The fraction of sp³-hybridized carbons (Fsp3) is 0.345. The normalized spacial score (nSPS) is 24.1. The van der Waals surface area contributed by atoms with Gasteiger partial charge in [0.25, 0.3) is 0 Å². The van der Waals surface area contributed by atoms with Gasteiger partial charge < -0.3 is 23.7 Å². The Morgan fingerprint density at radius 1 is 0.657 bits per heavy atom. The van der Waals surface area contributed by atoms with Crippen LogP contribution in [0, 0.1) is 0 Å². The maximum Gasteiger partial charge on any atom is 0.305 e. The van der Waals surface area contributed by atoms with Crippen molar-refractivity contribution < 1.29 is 28.5 Å². The molecule has 2 unspecified atom stereocenters. The van der Waals surface area contributed by atoms with E-state index in [0.29, 0.717) is 19.8 Å². The second-order valence-corrected chi connectivity index (χ2v) is 8.60. The lowest BCUT2D eigenvalue weighted by molar-refractivity contribution is -0.311. The summed E-state index contributed by atoms with van der Waals surface area (Å²) in [6, 6.07) is 29.7. The summed E-state index contributed by atoms with van der Waals surface area (Å²) in [6.07, 6.45) is -2.95. The molecule has 0 aliphatic carbocycles. The molecule has 5 atom stereocenters. The van der Waals surface area contributed by atoms with E-state index in [4.69, 9.17) is 23.7 Å². The molecule has 4 rings (SSSR count). The number of ether oxygens (including phenoxy) is 5. The molecular weight excluding hydrogens is 444 g/mol. The summed E-state index contributed by atoms with van der Waals surface area (Å²) in [4.78, 5) is 11.9.